The van der Waals surface area contributed by atoms with Gasteiger partial charge in [0.05, 0.1) is 0 Å². The zero-order valence-electron chi connectivity index (χ0n) is 14.2. The van der Waals surface area contributed by atoms with Crippen molar-refractivity contribution in [3.8, 4) is 0 Å². The number of hydrogen-bond donors (Lipinski definition) is 1. The maximum absolute atomic E-state index is 3.75. The molecule has 1 aromatic carbocycles. The lowest BCUT2D eigenvalue weighted by Gasteiger charge is -2.26. The molecule has 2 nitrogen and oxygen atoms in total. The lowest BCUT2D eigenvalue weighted by atomic mass is 10.1. The van der Waals surface area contributed by atoms with Gasteiger partial charge in [-0.2, -0.15) is 0 Å². The van der Waals surface area contributed by atoms with Crippen molar-refractivity contribution in [3.05, 3.63) is 33.8 Å². The van der Waals surface area contributed by atoms with Crippen molar-refractivity contribution < 1.29 is 0 Å². The van der Waals surface area contributed by atoms with Crippen molar-refractivity contribution in [3.63, 3.8) is 0 Å². The smallest absolute Gasteiger partial charge is 0.0245 e. The first-order chi connectivity index (χ1) is 9.92. The van der Waals surface area contributed by atoms with E-state index in [1.807, 2.05) is 0 Å². The summed E-state index contributed by atoms with van der Waals surface area (Å²) >= 11 is 3.75. The van der Waals surface area contributed by atoms with Crippen LogP contribution in [0.3, 0.4) is 0 Å². The molecule has 0 saturated carbocycles. The second kappa shape index (κ2) is 9.60. The summed E-state index contributed by atoms with van der Waals surface area (Å²) in [5.74, 6) is 1.41. The number of nitrogens with zero attached hydrogens (tertiary/aromatic N) is 1. The molecule has 21 heavy (non-hydrogen) atoms. The van der Waals surface area contributed by atoms with Gasteiger partial charge in [-0.25, -0.2) is 0 Å². The number of rotatable bonds is 9. The molecule has 1 N–H and O–H groups in total. The lowest BCUT2D eigenvalue weighted by Crippen LogP contribution is -2.31. The first-order valence-corrected chi connectivity index (χ1v) is 8.92. The van der Waals surface area contributed by atoms with Crippen LogP contribution in [-0.4, -0.2) is 24.5 Å². The van der Waals surface area contributed by atoms with E-state index in [0.717, 1.165) is 32.7 Å². The molecule has 0 heterocycles. The maximum Gasteiger partial charge on any atom is 0.0245 e. The van der Waals surface area contributed by atoms with Crippen molar-refractivity contribution >= 4 is 15.9 Å². The molecule has 120 valence electrons. The summed E-state index contributed by atoms with van der Waals surface area (Å²) in [6, 6.07) is 6.76. The van der Waals surface area contributed by atoms with Crippen LogP contribution in [0.15, 0.2) is 22.7 Å². The van der Waals surface area contributed by atoms with Gasteiger partial charge in [-0.15, -0.1) is 0 Å². The summed E-state index contributed by atoms with van der Waals surface area (Å²) in [5.41, 5.74) is 2.73. The van der Waals surface area contributed by atoms with Crippen LogP contribution in [0.25, 0.3) is 0 Å². The summed E-state index contributed by atoms with van der Waals surface area (Å²) in [6.07, 6.45) is 0. The van der Waals surface area contributed by atoms with Crippen LogP contribution in [0.2, 0.25) is 0 Å². The number of benzene rings is 1. The highest BCUT2D eigenvalue weighted by Gasteiger charge is 2.12. The lowest BCUT2D eigenvalue weighted by molar-refractivity contribution is 0.211. The van der Waals surface area contributed by atoms with E-state index in [9.17, 15) is 0 Å². The summed E-state index contributed by atoms with van der Waals surface area (Å²) in [7, 11) is 0. The van der Waals surface area contributed by atoms with Crippen molar-refractivity contribution in [2.24, 2.45) is 11.8 Å². The Hall–Kier alpha value is -0.380. The van der Waals surface area contributed by atoms with E-state index in [2.05, 4.69) is 79.0 Å². The monoisotopic (exact) mass is 354 g/mol. The molecule has 0 fully saturated rings. The second-order valence-electron chi connectivity index (χ2n) is 6.69. The minimum Gasteiger partial charge on any atom is -0.313 e. The van der Waals surface area contributed by atoms with E-state index < -0.39 is 0 Å². The molecule has 0 radical (unpaired) electrons. The molecular formula is C18H31BrN2. The summed E-state index contributed by atoms with van der Waals surface area (Å²) in [5, 5.41) is 3.37. The molecule has 0 bridgehead atoms. The van der Waals surface area contributed by atoms with Crippen LogP contribution in [-0.2, 0) is 13.1 Å². The van der Waals surface area contributed by atoms with Crippen LogP contribution < -0.4 is 5.32 Å². The number of nitrogens with one attached hydrogen (secondary N) is 1. The fraction of sp³-hybridized carbons (Fsp3) is 0.667. The van der Waals surface area contributed by atoms with Gasteiger partial charge < -0.3 is 5.32 Å². The average Bonchev–Trinajstić information content (AvgIpc) is 2.37. The topological polar surface area (TPSA) is 15.3 Å². The van der Waals surface area contributed by atoms with Gasteiger partial charge in [0.2, 0.25) is 0 Å². The maximum atomic E-state index is 3.75. The predicted molar refractivity (Wildman–Crippen MR) is 96.5 cm³/mol. The Bertz CT molecular complexity index is 406. The zero-order valence-corrected chi connectivity index (χ0v) is 15.8. The van der Waals surface area contributed by atoms with E-state index in [-0.39, 0.29) is 0 Å². The molecule has 1 aromatic rings. The van der Waals surface area contributed by atoms with Gasteiger partial charge in [0.25, 0.3) is 0 Å². The van der Waals surface area contributed by atoms with Gasteiger partial charge >= 0.3 is 0 Å². The van der Waals surface area contributed by atoms with Crippen LogP contribution >= 0.6 is 15.9 Å². The van der Waals surface area contributed by atoms with Gasteiger partial charge in [-0.05, 0) is 35.6 Å². The van der Waals surface area contributed by atoms with Crippen molar-refractivity contribution in [2.45, 2.75) is 47.7 Å². The van der Waals surface area contributed by atoms with Gasteiger partial charge in [0.15, 0.2) is 0 Å². The molecule has 0 spiro atoms. The van der Waals surface area contributed by atoms with Crippen LogP contribution in [0.5, 0.6) is 0 Å². The molecule has 0 aliphatic carbocycles. The Balaban J connectivity index is 2.73. The molecule has 0 aromatic heterocycles. The van der Waals surface area contributed by atoms with Crippen molar-refractivity contribution in [2.75, 3.05) is 19.6 Å². The molecule has 0 unspecified atom stereocenters. The van der Waals surface area contributed by atoms with Gasteiger partial charge in [0.1, 0.15) is 0 Å². The van der Waals surface area contributed by atoms with Crippen LogP contribution in [0.1, 0.15) is 45.7 Å². The normalized spacial score (nSPS) is 11.9. The Labute approximate surface area is 139 Å². The Kier molecular flexibility index (Phi) is 8.53. The van der Waals surface area contributed by atoms with E-state index in [4.69, 9.17) is 0 Å². The predicted octanol–water partition coefficient (Wildman–Crippen LogP) is 4.67. The quantitative estimate of drug-likeness (QED) is 0.692. The highest BCUT2D eigenvalue weighted by molar-refractivity contribution is 9.10. The number of hydrogen-bond acceptors (Lipinski definition) is 2. The van der Waals surface area contributed by atoms with E-state index in [1.54, 1.807) is 0 Å². The zero-order chi connectivity index (χ0) is 15.8. The van der Waals surface area contributed by atoms with Crippen LogP contribution in [0.4, 0.5) is 0 Å². The standard InChI is InChI=1S/C18H31BrN2/c1-6-20-10-16-7-8-17(18(19)9-16)13-21(11-14(2)3)12-15(4)5/h7-9,14-15,20H,6,10-13H2,1-5H3. The third-order valence-corrected chi connectivity index (χ3v) is 4.08. The summed E-state index contributed by atoms with van der Waals surface area (Å²) < 4.78 is 1.23. The van der Waals surface area contributed by atoms with Gasteiger partial charge in [0, 0.05) is 30.7 Å². The Morgan fingerprint density at radius 2 is 1.71 bits per heavy atom. The second-order valence-corrected chi connectivity index (χ2v) is 7.54. The highest BCUT2D eigenvalue weighted by atomic mass is 79.9. The summed E-state index contributed by atoms with van der Waals surface area (Å²) in [6.45, 7) is 16.6. The molecule has 0 amide bonds. The molecule has 0 aliphatic rings. The first kappa shape index (κ1) is 18.7. The minimum atomic E-state index is 0.704. The molecular weight excluding hydrogens is 324 g/mol. The van der Waals surface area contributed by atoms with Crippen molar-refractivity contribution in [1.29, 1.82) is 0 Å². The minimum absolute atomic E-state index is 0.704. The highest BCUT2D eigenvalue weighted by Crippen LogP contribution is 2.21. The van der Waals surface area contributed by atoms with Gasteiger partial charge in [-0.1, -0.05) is 62.7 Å². The van der Waals surface area contributed by atoms with Crippen LogP contribution in [0, 0.1) is 11.8 Å². The summed E-state index contributed by atoms with van der Waals surface area (Å²) in [4.78, 5) is 2.57. The fourth-order valence-electron chi connectivity index (χ4n) is 2.58. The third-order valence-electron chi connectivity index (χ3n) is 3.34. The van der Waals surface area contributed by atoms with E-state index in [1.165, 1.54) is 15.6 Å². The number of halogens is 1. The van der Waals surface area contributed by atoms with Gasteiger partial charge in [-0.3, -0.25) is 4.90 Å². The third kappa shape index (κ3) is 7.44. The molecule has 0 saturated heterocycles. The Morgan fingerprint density at radius 1 is 1.10 bits per heavy atom. The fourth-order valence-corrected chi connectivity index (χ4v) is 3.13. The first-order valence-electron chi connectivity index (χ1n) is 8.12. The molecule has 1 rings (SSSR count). The van der Waals surface area contributed by atoms with E-state index >= 15 is 0 Å². The molecule has 0 atom stereocenters. The van der Waals surface area contributed by atoms with Crippen molar-refractivity contribution in [1.82, 2.24) is 10.2 Å². The molecule has 0 aliphatic heterocycles. The SMILES string of the molecule is CCNCc1ccc(CN(CC(C)C)CC(C)C)c(Br)c1. The molecule has 3 heteroatoms. The van der Waals surface area contributed by atoms with E-state index in [0.29, 0.717) is 11.8 Å². The Morgan fingerprint density at radius 3 is 2.19 bits per heavy atom. The largest absolute Gasteiger partial charge is 0.313 e. The average molecular weight is 355 g/mol.